The lowest BCUT2D eigenvalue weighted by atomic mass is 9.95. The van der Waals surface area contributed by atoms with E-state index in [4.69, 9.17) is 5.84 Å². The molecule has 3 N–H and O–H groups in total. The van der Waals surface area contributed by atoms with E-state index in [1.807, 2.05) is 24.0 Å². The third-order valence-electron chi connectivity index (χ3n) is 8.04. The van der Waals surface area contributed by atoms with Gasteiger partial charge in [0.05, 0.1) is 17.9 Å². The van der Waals surface area contributed by atoms with Crippen molar-refractivity contribution >= 4 is 16.9 Å². The second-order valence-corrected chi connectivity index (χ2v) is 11.0. The Morgan fingerprint density at radius 3 is 2.84 bits per heavy atom. The number of carbonyl (C=O) groups is 1. The van der Waals surface area contributed by atoms with Crippen LogP contribution >= 0.6 is 0 Å². The summed E-state index contributed by atoms with van der Waals surface area (Å²) in [6, 6.07) is 14.8. The summed E-state index contributed by atoms with van der Waals surface area (Å²) in [5, 5.41) is 9.22. The van der Waals surface area contributed by atoms with Crippen molar-refractivity contribution in [2.45, 2.75) is 45.8 Å². The smallest absolute Gasteiger partial charge is 0.317 e. The predicted molar refractivity (Wildman–Crippen MR) is 149 cm³/mol. The maximum absolute atomic E-state index is 13.5. The molecule has 6 rings (SSSR count). The van der Waals surface area contributed by atoms with Gasteiger partial charge in [0.25, 0.3) is 0 Å². The molecule has 9 heteroatoms. The average Bonchev–Trinajstić information content (AvgIpc) is 3.39. The first-order valence-corrected chi connectivity index (χ1v) is 13.5. The highest BCUT2D eigenvalue weighted by molar-refractivity contribution is 5.81. The molecule has 38 heavy (non-hydrogen) atoms. The number of urea groups is 1. The number of nitrogen functional groups attached to an aromatic ring is 1. The summed E-state index contributed by atoms with van der Waals surface area (Å²) in [7, 11) is 2.14. The van der Waals surface area contributed by atoms with Crippen LogP contribution in [0, 0.1) is 12.8 Å². The zero-order valence-electron chi connectivity index (χ0n) is 22.4. The van der Waals surface area contributed by atoms with Crippen molar-refractivity contribution in [1.82, 2.24) is 34.6 Å². The molecule has 2 atom stereocenters. The van der Waals surface area contributed by atoms with Crippen molar-refractivity contribution in [1.29, 1.82) is 0 Å². The van der Waals surface area contributed by atoms with Gasteiger partial charge in [-0.2, -0.15) is 9.89 Å². The molecular weight excluding hydrogens is 476 g/mol. The largest absolute Gasteiger partial charge is 0.346 e. The molecule has 1 aromatic carbocycles. The van der Waals surface area contributed by atoms with Crippen LogP contribution in [-0.2, 0) is 26.6 Å². The first-order valence-electron chi connectivity index (χ1n) is 13.5. The summed E-state index contributed by atoms with van der Waals surface area (Å²) in [6.07, 6.45) is 3.46. The molecule has 198 valence electrons. The number of likely N-dealkylation sites (tertiary alicyclic amines) is 1. The maximum atomic E-state index is 13.5. The Morgan fingerprint density at radius 1 is 1.18 bits per heavy atom. The van der Waals surface area contributed by atoms with Gasteiger partial charge >= 0.3 is 6.03 Å². The Balaban J connectivity index is 1.14. The maximum Gasteiger partial charge on any atom is 0.317 e. The van der Waals surface area contributed by atoms with Crippen LogP contribution in [0.25, 0.3) is 22.2 Å². The highest BCUT2D eigenvalue weighted by atomic mass is 16.2. The van der Waals surface area contributed by atoms with E-state index in [0.717, 1.165) is 54.3 Å². The lowest BCUT2D eigenvalue weighted by Crippen LogP contribution is -2.53. The van der Waals surface area contributed by atoms with Crippen LogP contribution in [0.2, 0.25) is 0 Å². The van der Waals surface area contributed by atoms with E-state index >= 15 is 0 Å². The lowest BCUT2D eigenvalue weighted by molar-refractivity contribution is 0.132. The van der Waals surface area contributed by atoms with Gasteiger partial charge in [0.2, 0.25) is 0 Å². The number of carbonyl (C=O) groups excluding carboxylic acids is 1. The Morgan fingerprint density at radius 2 is 2.03 bits per heavy atom. The average molecular weight is 513 g/mol. The van der Waals surface area contributed by atoms with Crippen LogP contribution in [0.4, 0.5) is 4.79 Å². The Bertz CT molecular complexity index is 1490. The molecule has 0 saturated carbocycles. The summed E-state index contributed by atoms with van der Waals surface area (Å²) in [6.45, 7) is 8.11. The highest BCUT2D eigenvalue weighted by Crippen LogP contribution is 2.30. The van der Waals surface area contributed by atoms with E-state index in [2.05, 4.69) is 69.2 Å². The van der Waals surface area contributed by atoms with Gasteiger partial charge in [-0.05, 0) is 48.9 Å². The first-order chi connectivity index (χ1) is 18.4. The van der Waals surface area contributed by atoms with E-state index in [-0.39, 0.29) is 12.1 Å². The van der Waals surface area contributed by atoms with Crippen LogP contribution in [0.3, 0.4) is 0 Å². The molecule has 2 aliphatic heterocycles. The van der Waals surface area contributed by atoms with Gasteiger partial charge in [-0.15, -0.1) is 0 Å². The number of nitrogens with two attached hydrogens (primary N) is 1. The molecule has 2 unspecified atom stereocenters. The summed E-state index contributed by atoms with van der Waals surface area (Å²) in [5.41, 5.74) is 7.30. The molecule has 0 bridgehead atoms. The highest BCUT2D eigenvalue weighted by Gasteiger charge is 2.31. The standard InChI is InChI=1S/C29H36N8O/c1-19-12-23(16-35(15-19)17-24-14-21-6-4-5-7-26(21)34(24)3)32-29(38)36-11-9-27-25(18-36)28(33-37(27)30)22-8-10-31-20(2)13-22/h4-8,10,13-14,19,23H,9,11-12,15-18,30H2,1-3H3,(H,32,38). The quantitative estimate of drug-likeness (QED) is 0.409. The molecule has 2 amide bonds. The number of aryl methyl sites for hydroxylation is 2. The zero-order valence-corrected chi connectivity index (χ0v) is 22.4. The predicted octanol–water partition coefficient (Wildman–Crippen LogP) is 3.44. The van der Waals surface area contributed by atoms with Gasteiger partial charge in [0.15, 0.2) is 0 Å². The van der Waals surface area contributed by atoms with E-state index < -0.39 is 0 Å². The van der Waals surface area contributed by atoms with Gasteiger partial charge in [-0.3, -0.25) is 9.88 Å². The molecule has 4 aromatic rings. The minimum absolute atomic E-state index is 0.0130. The van der Waals surface area contributed by atoms with E-state index in [1.54, 1.807) is 6.20 Å². The molecule has 1 saturated heterocycles. The van der Waals surface area contributed by atoms with Crippen LogP contribution in [0.1, 0.15) is 36.0 Å². The Kier molecular flexibility index (Phi) is 6.31. The Labute approximate surface area is 223 Å². The molecule has 1 fully saturated rings. The van der Waals surface area contributed by atoms with Gasteiger partial charge < -0.3 is 20.6 Å². The van der Waals surface area contributed by atoms with Crippen LogP contribution in [0.5, 0.6) is 0 Å². The summed E-state index contributed by atoms with van der Waals surface area (Å²) >= 11 is 0. The van der Waals surface area contributed by atoms with Crippen LogP contribution < -0.4 is 11.2 Å². The third-order valence-corrected chi connectivity index (χ3v) is 8.04. The molecular formula is C29H36N8O. The minimum atomic E-state index is -0.0130. The number of nitrogens with one attached hydrogen (secondary N) is 1. The first kappa shape index (κ1) is 24.5. The van der Waals surface area contributed by atoms with Crippen molar-refractivity contribution in [3.8, 4) is 11.3 Å². The van der Waals surface area contributed by atoms with Gasteiger partial charge in [-0.25, -0.2) is 4.79 Å². The number of nitrogens with zero attached hydrogens (tertiary/aromatic N) is 6. The molecule has 5 heterocycles. The summed E-state index contributed by atoms with van der Waals surface area (Å²) in [4.78, 5) is 23.6. The number of para-hydroxylation sites is 1. The van der Waals surface area contributed by atoms with Gasteiger partial charge in [0, 0.05) is 79.9 Å². The van der Waals surface area contributed by atoms with E-state index in [9.17, 15) is 4.79 Å². The van der Waals surface area contributed by atoms with E-state index in [1.165, 1.54) is 21.4 Å². The fourth-order valence-electron chi connectivity index (χ4n) is 6.23. The van der Waals surface area contributed by atoms with Crippen molar-refractivity contribution in [3.63, 3.8) is 0 Å². The zero-order chi connectivity index (χ0) is 26.4. The second kappa shape index (κ2) is 9.79. The van der Waals surface area contributed by atoms with Crippen molar-refractivity contribution in [2.24, 2.45) is 13.0 Å². The number of hydrogen-bond donors (Lipinski definition) is 2. The molecule has 9 nitrogen and oxygen atoms in total. The molecule has 3 aromatic heterocycles. The monoisotopic (exact) mass is 512 g/mol. The van der Waals surface area contributed by atoms with Crippen molar-refractivity contribution < 1.29 is 4.79 Å². The number of hydrogen-bond acceptors (Lipinski definition) is 5. The fourth-order valence-corrected chi connectivity index (χ4v) is 6.23. The molecule has 2 aliphatic rings. The summed E-state index contributed by atoms with van der Waals surface area (Å²) < 4.78 is 2.28. The number of aromatic nitrogens is 4. The number of benzene rings is 1. The lowest BCUT2D eigenvalue weighted by Gasteiger charge is -2.38. The molecule has 0 radical (unpaired) electrons. The SMILES string of the molecule is Cc1cc(-c2nn(N)c3c2CN(C(=O)NC2CC(C)CN(Cc4cc5ccccc5n4C)C2)CC3)ccn1. The number of rotatable bonds is 4. The van der Waals surface area contributed by atoms with Crippen molar-refractivity contribution in [3.05, 3.63) is 71.3 Å². The van der Waals surface area contributed by atoms with Crippen molar-refractivity contribution in [2.75, 3.05) is 25.5 Å². The van der Waals surface area contributed by atoms with Gasteiger partial charge in [-0.1, -0.05) is 25.1 Å². The summed E-state index contributed by atoms with van der Waals surface area (Å²) in [5.74, 6) is 6.71. The fraction of sp³-hybridized carbons (Fsp3) is 0.414. The number of fused-ring (bicyclic) bond motifs is 2. The normalized spacial score (nSPS) is 20.0. The van der Waals surface area contributed by atoms with Crippen LogP contribution in [-0.4, -0.2) is 60.9 Å². The van der Waals surface area contributed by atoms with Crippen LogP contribution in [0.15, 0.2) is 48.7 Å². The topological polar surface area (TPSA) is 97.2 Å². The van der Waals surface area contributed by atoms with Gasteiger partial charge in [0.1, 0.15) is 0 Å². The Hall–Kier alpha value is -3.85. The minimum Gasteiger partial charge on any atom is -0.346 e. The van der Waals surface area contributed by atoms with E-state index in [0.29, 0.717) is 25.4 Å². The number of amides is 2. The molecule has 0 aliphatic carbocycles. The molecule has 0 spiro atoms. The number of piperidine rings is 1. The third kappa shape index (κ3) is 4.62. The number of pyridine rings is 1. The second-order valence-electron chi connectivity index (χ2n) is 11.0.